The Morgan fingerprint density at radius 3 is 0.578 bits per heavy atom. The van der Waals surface area contributed by atoms with E-state index in [1.54, 1.807) is 0 Å². The maximum absolute atomic E-state index is 13.1. The molecule has 0 bridgehead atoms. The number of phosphoric acid groups is 2. The van der Waals surface area contributed by atoms with E-state index < -0.39 is 97.5 Å². The molecule has 0 radical (unpaired) electrons. The average Bonchev–Trinajstić information content (AvgIpc) is 0.921. The first-order valence-electron chi connectivity index (χ1n) is 43.3. The van der Waals surface area contributed by atoms with Crippen molar-refractivity contribution in [2.75, 3.05) is 39.6 Å². The molecule has 0 spiro atoms. The number of unbranched alkanes of at least 4 members (excludes halogenated alkanes) is 58. The molecule has 102 heavy (non-hydrogen) atoms. The maximum atomic E-state index is 13.1. The summed E-state index contributed by atoms with van der Waals surface area (Å²) in [6, 6.07) is 0. The summed E-state index contributed by atoms with van der Waals surface area (Å²) in [6.45, 7) is 5.02. The van der Waals surface area contributed by atoms with Crippen LogP contribution in [0.3, 0.4) is 0 Å². The molecular formula is C83H162O17P2. The van der Waals surface area contributed by atoms with Crippen LogP contribution >= 0.6 is 15.6 Å². The predicted octanol–water partition coefficient (Wildman–Crippen LogP) is 25.4. The van der Waals surface area contributed by atoms with E-state index in [2.05, 4.69) is 27.7 Å². The molecule has 0 heterocycles. The van der Waals surface area contributed by atoms with Crippen LogP contribution in [0.15, 0.2) is 0 Å². The number of rotatable bonds is 84. The van der Waals surface area contributed by atoms with E-state index in [0.29, 0.717) is 25.7 Å². The van der Waals surface area contributed by atoms with Gasteiger partial charge in [0, 0.05) is 25.7 Å². The summed E-state index contributed by atoms with van der Waals surface area (Å²) < 4.78 is 68.7. The Kier molecular flexibility index (Phi) is 75.8. The fourth-order valence-corrected chi connectivity index (χ4v) is 14.6. The highest BCUT2D eigenvalue weighted by Crippen LogP contribution is 2.45. The van der Waals surface area contributed by atoms with Crippen molar-refractivity contribution in [1.29, 1.82) is 0 Å². The molecule has 17 nitrogen and oxygen atoms in total. The van der Waals surface area contributed by atoms with E-state index in [9.17, 15) is 43.2 Å². The van der Waals surface area contributed by atoms with E-state index in [4.69, 9.17) is 37.0 Å². The second kappa shape index (κ2) is 77.2. The lowest BCUT2D eigenvalue weighted by atomic mass is 10.0. The average molecular weight is 1490 g/mol. The van der Waals surface area contributed by atoms with Gasteiger partial charge in [0.15, 0.2) is 12.2 Å². The van der Waals surface area contributed by atoms with Gasteiger partial charge in [-0.15, -0.1) is 0 Å². The van der Waals surface area contributed by atoms with Gasteiger partial charge < -0.3 is 33.8 Å². The van der Waals surface area contributed by atoms with Crippen LogP contribution in [0.4, 0.5) is 0 Å². The summed E-state index contributed by atoms with van der Waals surface area (Å²) in [5.41, 5.74) is 0. The number of aliphatic hydroxyl groups is 1. The lowest BCUT2D eigenvalue weighted by molar-refractivity contribution is -0.161. The van der Waals surface area contributed by atoms with E-state index >= 15 is 0 Å². The van der Waals surface area contributed by atoms with Crippen molar-refractivity contribution in [2.45, 2.75) is 470 Å². The minimum absolute atomic E-state index is 0.109. The van der Waals surface area contributed by atoms with E-state index in [1.807, 2.05) is 0 Å². The van der Waals surface area contributed by atoms with E-state index in [0.717, 1.165) is 89.9 Å². The van der Waals surface area contributed by atoms with Crippen LogP contribution in [0.5, 0.6) is 0 Å². The fraction of sp³-hybridized carbons (Fsp3) is 0.952. The molecule has 0 aromatic heterocycles. The summed E-state index contributed by atoms with van der Waals surface area (Å²) >= 11 is 0. The zero-order valence-electron chi connectivity index (χ0n) is 66.6. The van der Waals surface area contributed by atoms with Gasteiger partial charge in [-0.1, -0.05) is 400 Å². The van der Waals surface area contributed by atoms with Crippen molar-refractivity contribution < 1.29 is 80.2 Å². The largest absolute Gasteiger partial charge is 0.472 e. The standard InChI is InChI=1S/C83H162O17P2/c1-5-9-13-17-21-25-28-31-34-36-38-39-40-42-44-47-50-54-58-62-66-70-83(88)100-79(74-94-81(86)68-64-60-56-52-48-46-43-41-37-35-32-29-26-22-18-14-10-6-2)76-98-102(91,92)96-72-77(84)71-95-101(89,90)97-75-78(73-93-80(85)67-63-59-55-51-24-20-16-12-8-4)99-82(87)69-65-61-57-53-49-45-33-30-27-23-19-15-11-7-3/h77-79,84H,5-76H2,1-4H3,(H,89,90)(H,91,92)/t77-,78+,79+/m0/s1. The zero-order valence-corrected chi connectivity index (χ0v) is 68.4. The van der Waals surface area contributed by atoms with Crippen molar-refractivity contribution in [3.05, 3.63) is 0 Å². The summed E-state index contributed by atoms with van der Waals surface area (Å²) in [6.07, 6.45) is 70.9. The van der Waals surface area contributed by atoms with Gasteiger partial charge in [0.25, 0.3) is 0 Å². The van der Waals surface area contributed by atoms with Crippen LogP contribution in [0.25, 0.3) is 0 Å². The quantitative estimate of drug-likeness (QED) is 0.0222. The fourth-order valence-electron chi connectivity index (χ4n) is 13.0. The molecule has 0 aliphatic heterocycles. The molecular weight excluding hydrogens is 1330 g/mol. The van der Waals surface area contributed by atoms with Crippen LogP contribution in [0, 0.1) is 0 Å². The van der Waals surface area contributed by atoms with Crippen LogP contribution < -0.4 is 0 Å². The van der Waals surface area contributed by atoms with Crippen LogP contribution in [-0.2, 0) is 65.4 Å². The predicted molar refractivity (Wildman–Crippen MR) is 419 cm³/mol. The number of phosphoric ester groups is 2. The van der Waals surface area contributed by atoms with Gasteiger partial charge >= 0.3 is 39.5 Å². The summed E-state index contributed by atoms with van der Waals surface area (Å²) in [5.74, 6) is -2.10. The SMILES string of the molecule is CCCCCCCCCCCCCCCCCCCCCCCC(=O)O[C@H](COC(=O)CCCCCCCCCCCCCCCCCCCC)COP(=O)(O)OC[C@@H](O)COP(=O)(O)OC[C@@H](COC(=O)CCCCCCCCCCC)OC(=O)CCCCCCCCCCCCCCCC. The first-order valence-corrected chi connectivity index (χ1v) is 46.3. The van der Waals surface area contributed by atoms with Gasteiger partial charge in [0.05, 0.1) is 26.4 Å². The Bertz CT molecular complexity index is 1930. The highest BCUT2D eigenvalue weighted by Gasteiger charge is 2.30. The molecule has 3 N–H and O–H groups in total. The normalized spacial score (nSPS) is 13.8. The van der Waals surface area contributed by atoms with Gasteiger partial charge in [-0.2, -0.15) is 0 Å². The molecule has 606 valence electrons. The molecule has 0 aromatic rings. The molecule has 0 amide bonds. The highest BCUT2D eigenvalue weighted by molar-refractivity contribution is 7.47. The molecule has 0 rings (SSSR count). The minimum Gasteiger partial charge on any atom is -0.462 e. The second-order valence-corrected chi connectivity index (χ2v) is 32.8. The molecule has 5 atom stereocenters. The van der Waals surface area contributed by atoms with Gasteiger partial charge in [0.2, 0.25) is 0 Å². The Morgan fingerprint density at radius 2 is 0.392 bits per heavy atom. The lowest BCUT2D eigenvalue weighted by Gasteiger charge is -2.21. The third-order valence-corrected chi connectivity index (χ3v) is 21.5. The Labute approximate surface area is 626 Å². The van der Waals surface area contributed by atoms with Gasteiger partial charge in [-0.3, -0.25) is 37.3 Å². The number of aliphatic hydroxyl groups excluding tert-OH is 1. The number of carbonyl (C=O) groups excluding carboxylic acids is 4. The topological polar surface area (TPSA) is 237 Å². The van der Waals surface area contributed by atoms with Crippen molar-refractivity contribution in [2.24, 2.45) is 0 Å². The number of carbonyl (C=O) groups is 4. The van der Waals surface area contributed by atoms with Gasteiger partial charge in [-0.05, 0) is 25.7 Å². The number of ether oxygens (including phenoxy) is 4. The minimum atomic E-state index is -4.96. The van der Waals surface area contributed by atoms with Gasteiger partial charge in [-0.25, -0.2) is 9.13 Å². The monoisotopic (exact) mass is 1490 g/mol. The van der Waals surface area contributed by atoms with Crippen molar-refractivity contribution in [1.82, 2.24) is 0 Å². The lowest BCUT2D eigenvalue weighted by Crippen LogP contribution is -2.30. The van der Waals surface area contributed by atoms with Crippen LogP contribution in [0.1, 0.15) is 451 Å². The van der Waals surface area contributed by atoms with Crippen molar-refractivity contribution in [3.8, 4) is 0 Å². The molecule has 0 aromatic carbocycles. The molecule has 0 saturated heterocycles. The summed E-state index contributed by atoms with van der Waals surface area (Å²) in [4.78, 5) is 73.0. The maximum Gasteiger partial charge on any atom is 0.472 e. The summed E-state index contributed by atoms with van der Waals surface area (Å²) in [7, 11) is -9.92. The third kappa shape index (κ3) is 76.3. The zero-order chi connectivity index (χ0) is 74.6. The molecule has 0 aliphatic rings. The molecule has 0 fully saturated rings. The summed E-state index contributed by atoms with van der Waals surface area (Å²) in [5, 5.41) is 10.6. The molecule has 2 unspecified atom stereocenters. The van der Waals surface area contributed by atoms with Crippen LogP contribution in [0.2, 0.25) is 0 Å². The van der Waals surface area contributed by atoms with Gasteiger partial charge in [0.1, 0.15) is 19.3 Å². The highest BCUT2D eigenvalue weighted by atomic mass is 31.2. The Hall–Kier alpha value is -1.94. The molecule has 0 saturated carbocycles. The Morgan fingerprint density at radius 1 is 0.235 bits per heavy atom. The second-order valence-electron chi connectivity index (χ2n) is 29.9. The molecule has 19 heteroatoms. The first kappa shape index (κ1) is 100. The number of hydrogen-bond acceptors (Lipinski definition) is 15. The smallest absolute Gasteiger partial charge is 0.462 e. The van der Waals surface area contributed by atoms with Crippen molar-refractivity contribution >= 4 is 39.5 Å². The first-order chi connectivity index (χ1) is 49.7. The van der Waals surface area contributed by atoms with Crippen LogP contribution in [-0.4, -0.2) is 96.7 Å². The van der Waals surface area contributed by atoms with Crippen molar-refractivity contribution in [3.63, 3.8) is 0 Å². The Balaban J connectivity index is 5.20. The number of hydrogen-bond donors (Lipinski definition) is 3. The van der Waals surface area contributed by atoms with E-state index in [-0.39, 0.29) is 25.7 Å². The van der Waals surface area contributed by atoms with E-state index in [1.165, 1.54) is 283 Å². The number of esters is 4. The third-order valence-electron chi connectivity index (χ3n) is 19.6. The molecule has 0 aliphatic carbocycles.